The fourth-order valence-corrected chi connectivity index (χ4v) is 3.73. The highest BCUT2D eigenvalue weighted by Gasteiger charge is 2.25. The van der Waals surface area contributed by atoms with Crippen molar-refractivity contribution >= 4 is 44.2 Å². The molecule has 2 aromatic heterocycles. The lowest BCUT2D eigenvalue weighted by Crippen LogP contribution is -2.11. The fourth-order valence-electron chi connectivity index (χ4n) is 3.21. The third kappa shape index (κ3) is 3.82. The molecule has 2 heterocycles. The van der Waals surface area contributed by atoms with Crippen LogP contribution in [-0.4, -0.2) is 28.6 Å². The summed E-state index contributed by atoms with van der Waals surface area (Å²) in [5.41, 5.74) is 2.53. The molecule has 0 amide bonds. The van der Waals surface area contributed by atoms with Gasteiger partial charge in [0.05, 0.1) is 10.4 Å². The summed E-state index contributed by atoms with van der Waals surface area (Å²) in [6.07, 6.45) is 2.38. The summed E-state index contributed by atoms with van der Waals surface area (Å²) in [6.45, 7) is 0. The summed E-state index contributed by atoms with van der Waals surface area (Å²) in [5.74, 6) is 2.27. The van der Waals surface area contributed by atoms with Crippen molar-refractivity contribution in [2.75, 3.05) is 10.6 Å². The van der Waals surface area contributed by atoms with Crippen molar-refractivity contribution in [3.8, 4) is 0 Å². The van der Waals surface area contributed by atoms with Crippen LogP contribution in [-0.2, 0) is 10.0 Å². The molecule has 0 unspecified atom stereocenters. The monoisotopic (exact) mass is 421 g/mol. The van der Waals surface area contributed by atoms with Gasteiger partial charge in [0, 0.05) is 28.8 Å². The maximum absolute atomic E-state index is 11.4. The van der Waals surface area contributed by atoms with E-state index in [0.717, 1.165) is 16.6 Å². The predicted octanol–water partition coefficient (Wildman–Crippen LogP) is 3.36. The SMILES string of the molecule is NS(=O)(=O)c1ccc(Nc2nc(Nc3cc(C4CC4)[nH]n3)c3ccccc3n2)cc1. The van der Waals surface area contributed by atoms with Gasteiger partial charge in [0.25, 0.3) is 0 Å². The molecule has 0 aliphatic heterocycles. The van der Waals surface area contributed by atoms with E-state index in [-0.39, 0.29) is 4.90 Å². The summed E-state index contributed by atoms with van der Waals surface area (Å²) in [6, 6.07) is 15.8. The lowest BCUT2D eigenvalue weighted by Gasteiger charge is -2.11. The number of rotatable bonds is 6. The summed E-state index contributed by atoms with van der Waals surface area (Å²) >= 11 is 0. The Bertz CT molecular complexity index is 1330. The van der Waals surface area contributed by atoms with Crippen molar-refractivity contribution in [1.29, 1.82) is 0 Å². The Balaban J connectivity index is 1.46. The third-order valence-corrected chi connectivity index (χ3v) is 5.83. The first-order valence-corrected chi connectivity index (χ1v) is 11.0. The second kappa shape index (κ2) is 7.08. The second-order valence-corrected chi connectivity index (χ2v) is 8.78. The molecule has 5 rings (SSSR count). The number of para-hydroxylation sites is 1. The number of nitrogens with two attached hydrogens (primary N) is 1. The molecular weight excluding hydrogens is 402 g/mol. The quantitative estimate of drug-likeness (QED) is 0.374. The van der Waals surface area contributed by atoms with Crippen LogP contribution in [0.2, 0.25) is 0 Å². The standard InChI is InChI=1S/C20H19N7O2S/c21-30(28,29)14-9-7-13(8-10-14)22-20-23-16-4-2-1-3-15(16)19(25-20)24-18-11-17(26-27-18)12-5-6-12/h1-4,7-12H,5-6H2,(H2,21,28,29)(H3,22,23,24,25,26,27). The van der Waals surface area contributed by atoms with Gasteiger partial charge >= 0.3 is 0 Å². The van der Waals surface area contributed by atoms with E-state index in [0.29, 0.717) is 29.2 Å². The van der Waals surface area contributed by atoms with Gasteiger partial charge in [-0.25, -0.2) is 18.5 Å². The summed E-state index contributed by atoms with van der Waals surface area (Å²) < 4.78 is 22.9. The zero-order valence-electron chi connectivity index (χ0n) is 15.8. The van der Waals surface area contributed by atoms with Crippen LogP contribution in [0.15, 0.2) is 59.5 Å². The minimum atomic E-state index is -3.74. The zero-order valence-corrected chi connectivity index (χ0v) is 16.6. The topological polar surface area (TPSA) is 139 Å². The third-order valence-electron chi connectivity index (χ3n) is 4.90. The van der Waals surface area contributed by atoms with Gasteiger partial charge in [-0.3, -0.25) is 5.10 Å². The van der Waals surface area contributed by atoms with E-state index in [4.69, 9.17) is 5.14 Å². The molecule has 10 heteroatoms. The lowest BCUT2D eigenvalue weighted by molar-refractivity contribution is 0.598. The number of hydrogen-bond donors (Lipinski definition) is 4. The molecule has 0 saturated heterocycles. The number of primary sulfonamides is 1. The van der Waals surface area contributed by atoms with Crippen LogP contribution in [0.1, 0.15) is 24.5 Å². The van der Waals surface area contributed by atoms with Crippen molar-refractivity contribution in [1.82, 2.24) is 20.2 Å². The largest absolute Gasteiger partial charge is 0.324 e. The van der Waals surface area contributed by atoms with E-state index in [9.17, 15) is 8.42 Å². The highest BCUT2D eigenvalue weighted by Crippen LogP contribution is 2.39. The molecule has 0 bridgehead atoms. The van der Waals surface area contributed by atoms with Crippen LogP contribution < -0.4 is 15.8 Å². The number of nitrogens with zero attached hydrogens (tertiary/aromatic N) is 3. The van der Waals surface area contributed by atoms with Gasteiger partial charge < -0.3 is 10.6 Å². The number of H-pyrrole nitrogens is 1. The Morgan fingerprint density at radius 1 is 1.00 bits per heavy atom. The van der Waals surface area contributed by atoms with Crippen LogP contribution >= 0.6 is 0 Å². The van der Waals surface area contributed by atoms with E-state index in [1.807, 2.05) is 30.3 Å². The smallest absolute Gasteiger partial charge is 0.238 e. The van der Waals surface area contributed by atoms with Gasteiger partial charge in [0.2, 0.25) is 16.0 Å². The Kier molecular flexibility index (Phi) is 4.37. The summed E-state index contributed by atoms with van der Waals surface area (Å²) in [7, 11) is -3.74. The van der Waals surface area contributed by atoms with Crippen LogP contribution in [0.25, 0.3) is 10.9 Å². The Labute approximate surface area is 172 Å². The van der Waals surface area contributed by atoms with Crippen LogP contribution in [0.4, 0.5) is 23.3 Å². The maximum atomic E-state index is 11.4. The minimum Gasteiger partial charge on any atom is -0.324 e. The molecule has 9 nitrogen and oxygen atoms in total. The Morgan fingerprint density at radius 3 is 2.50 bits per heavy atom. The molecule has 0 radical (unpaired) electrons. The molecule has 2 aromatic carbocycles. The number of aromatic nitrogens is 4. The normalized spacial score (nSPS) is 14.0. The number of benzene rings is 2. The molecule has 1 fully saturated rings. The van der Waals surface area contributed by atoms with Crippen molar-refractivity contribution < 1.29 is 8.42 Å². The average Bonchev–Trinajstić information content (AvgIpc) is 3.47. The number of aromatic amines is 1. The number of hydrogen-bond acceptors (Lipinski definition) is 7. The highest BCUT2D eigenvalue weighted by molar-refractivity contribution is 7.89. The molecule has 0 atom stereocenters. The maximum Gasteiger partial charge on any atom is 0.238 e. The van der Waals surface area contributed by atoms with E-state index in [1.165, 1.54) is 25.0 Å². The van der Waals surface area contributed by atoms with Crippen molar-refractivity contribution in [2.24, 2.45) is 5.14 Å². The van der Waals surface area contributed by atoms with Gasteiger partial charge in [0.15, 0.2) is 5.82 Å². The van der Waals surface area contributed by atoms with Crippen molar-refractivity contribution in [3.05, 3.63) is 60.3 Å². The van der Waals surface area contributed by atoms with E-state index < -0.39 is 10.0 Å². The number of nitrogens with one attached hydrogen (secondary N) is 3. The fraction of sp³-hybridized carbons (Fsp3) is 0.150. The van der Waals surface area contributed by atoms with E-state index >= 15 is 0 Å². The van der Waals surface area contributed by atoms with Crippen molar-refractivity contribution in [3.63, 3.8) is 0 Å². The number of fused-ring (bicyclic) bond motifs is 1. The molecule has 4 aromatic rings. The molecule has 1 aliphatic rings. The number of sulfonamides is 1. The Hall–Kier alpha value is -3.50. The zero-order chi connectivity index (χ0) is 20.7. The molecule has 1 saturated carbocycles. The van der Waals surface area contributed by atoms with E-state index in [1.54, 1.807) is 12.1 Å². The molecule has 5 N–H and O–H groups in total. The molecule has 1 aliphatic carbocycles. The average molecular weight is 421 g/mol. The number of anilines is 4. The molecular formula is C20H19N7O2S. The van der Waals surface area contributed by atoms with Gasteiger partial charge in [0.1, 0.15) is 5.82 Å². The van der Waals surface area contributed by atoms with E-state index in [2.05, 4.69) is 30.8 Å². The van der Waals surface area contributed by atoms with Crippen molar-refractivity contribution in [2.45, 2.75) is 23.7 Å². The highest BCUT2D eigenvalue weighted by atomic mass is 32.2. The van der Waals surface area contributed by atoms with Crippen LogP contribution in [0.3, 0.4) is 0 Å². The van der Waals surface area contributed by atoms with Gasteiger partial charge in [-0.2, -0.15) is 10.1 Å². The Morgan fingerprint density at radius 2 is 1.77 bits per heavy atom. The minimum absolute atomic E-state index is 0.0415. The lowest BCUT2D eigenvalue weighted by atomic mass is 10.2. The molecule has 30 heavy (non-hydrogen) atoms. The van der Waals surface area contributed by atoms with Gasteiger partial charge in [-0.15, -0.1) is 0 Å². The first-order valence-electron chi connectivity index (χ1n) is 9.45. The van der Waals surface area contributed by atoms with Crippen LogP contribution in [0.5, 0.6) is 0 Å². The first kappa shape index (κ1) is 18.5. The summed E-state index contributed by atoms with van der Waals surface area (Å²) in [4.78, 5) is 9.20. The van der Waals surface area contributed by atoms with Gasteiger partial charge in [-0.1, -0.05) is 12.1 Å². The summed E-state index contributed by atoms with van der Waals surface area (Å²) in [5, 5.41) is 19.8. The van der Waals surface area contributed by atoms with Gasteiger partial charge in [-0.05, 0) is 49.2 Å². The second-order valence-electron chi connectivity index (χ2n) is 7.22. The molecule has 0 spiro atoms. The predicted molar refractivity (Wildman–Crippen MR) is 114 cm³/mol. The van der Waals surface area contributed by atoms with Crippen LogP contribution in [0, 0.1) is 0 Å². The molecule has 152 valence electrons. The first-order chi connectivity index (χ1) is 14.5.